The lowest BCUT2D eigenvalue weighted by molar-refractivity contribution is -0.137. The Morgan fingerprint density at radius 3 is 2.20 bits per heavy atom. The molecule has 0 atom stereocenters. The summed E-state index contributed by atoms with van der Waals surface area (Å²) < 4.78 is 0. The molecule has 178 valence electrons. The van der Waals surface area contributed by atoms with Crippen LogP contribution < -0.4 is 10.2 Å². The van der Waals surface area contributed by atoms with E-state index in [0.717, 1.165) is 44.1 Å². The number of benzene rings is 2. The summed E-state index contributed by atoms with van der Waals surface area (Å²) in [6, 6.07) is 22.9. The third-order valence-electron chi connectivity index (χ3n) is 6.60. The summed E-state index contributed by atoms with van der Waals surface area (Å²) >= 11 is 0. The standard InChI is InChI=1S/C28H29N5O2/c1-2-31-16-18-32(19-17-31)24-13-11-22(12-14-24)30-26-25(21-8-4-3-5-9-21)27(34)33(28(26)35)20-23-10-6-7-15-29-23/h3-15,30H,2,16-20H2,1H3. The van der Waals surface area contributed by atoms with Gasteiger partial charge in [0.2, 0.25) is 0 Å². The lowest BCUT2D eigenvalue weighted by Gasteiger charge is -2.35. The number of piperazine rings is 1. The highest BCUT2D eigenvalue weighted by molar-refractivity contribution is 6.36. The molecule has 3 heterocycles. The van der Waals surface area contributed by atoms with Crippen molar-refractivity contribution in [3.63, 3.8) is 0 Å². The highest BCUT2D eigenvalue weighted by atomic mass is 16.2. The quantitative estimate of drug-likeness (QED) is 0.536. The van der Waals surface area contributed by atoms with E-state index in [1.54, 1.807) is 6.20 Å². The summed E-state index contributed by atoms with van der Waals surface area (Å²) in [6.07, 6.45) is 1.66. The van der Waals surface area contributed by atoms with E-state index in [1.165, 1.54) is 4.90 Å². The number of likely N-dealkylation sites (N-methyl/N-ethyl adjacent to an activating group) is 1. The van der Waals surface area contributed by atoms with Crippen molar-refractivity contribution in [1.29, 1.82) is 0 Å². The van der Waals surface area contributed by atoms with E-state index in [1.807, 2.05) is 60.7 Å². The number of aromatic nitrogens is 1. The zero-order chi connectivity index (χ0) is 24.2. The summed E-state index contributed by atoms with van der Waals surface area (Å²) in [5, 5.41) is 3.25. The van der Waals surface area contributed by atoms with Crippen LogP contribution in [0.15, 0.2) is 84.7 Å². The van der Waals surface area contributed by atoms with Gasteiger partial charge in [-0.3, -0.25) is 19.5 Å². The minimum atomic E-state index is -0.348. The number of nitrogens with zero attached hydrogens (tertiary/aromatic N) is 4. The van der Waals surface area contributed by atoms with E-state index in [0.29, 0.717) is 22.5 Å². The average molecular weight is 468 g/mol. The number of hydrogen-bond donors (Lipinski definition) is 1. The predicted octanol–water partition coefficient (Wildman–Crippen LogP) is 3.62. The van der Waals surface area contributed by atoms with Crippen molar-refractivity contribution in [1.82, 2.24) is 14.8 Å². The van der Waals surface area contributed by atoms with E-state index < -0.39 is 0 Å². The van der Waals surface area contributed by atoms with Crippen molar-refractivity contribution in [3.05, 3.63) is 95.9 Å². The number of carbonyl (C=O) groups is 2. The van der Waals surface area contributed by atoms with Crippen LogP contribution in [0.25, 0.3) is 5.57 Å². The van der Waals surface area contributed by atoms with Crippen molar-refractivity contribution in [2.45, 2.75) is 13.5 Å². The molecule has 0 spiro atoms. The zero-order valence-electron chi connectivity index (χ0n) is 19.9. The first kappa shape index (κ1) is 22.8. The number of pyridine rings is 1. The third kappa shape index (κ3) is 4.81. The lowest BCUT2D eigenvalue weighted by atomic mass is 10.0. The van der Waals surface area contributed by atoms with Crippen molar-refractivity contribution in [2.75, 3.05) is 42.9 Å². The molecule has 0 radical (unpaired) electrons. The SMILES string of the molecule is CCN1CCN(c2ccc(NC3=C(c4ccccc4)C(=O)N(Cc4ccccn4)C3=O)cc2)CC1. The van der Waals surface area contributed by atoms with Crippen LogP contribution in [0.3, 0.4) is 0 Å². The monoisotopic (exact) mass is 467 g/mol. The summed E-state index contributed by atoms with van der Waals surface area (Å²) in [6.45, 7) is 7.53. The largest absolute Gasteiger partial charge is 0.369 e. The van der Waals surface area contributed by atoms with E-state index in [4.69, 9.17) is 0 Å². The highest BCUT2D eigenvalue weighted by Crippen LogP contribution is 2.31. The average Bonchev–Trinajstić information content (AvgIpc) is 3.14. The van der Waals surface area contributed by atoms with Crippen LogP contribution in [-0.2, 0) is 16.1 Å². The van der Waals surface area contributed by atoms with Crippen LogP contribution in [0.1, 0.15) is 18.2 Å². The molecule has 2 aromatic carbocycles. The van der Waals surface area contributed by atoms with Crippen LogP contribution in [0.2, 0.25) is 0 Å². The summed E-state index contributed by atoms with van der Waals surface area (Å²) in [5.41, 5.74) is 3.98. The van der Waals surface area contributed by atoms with Gasteiger partial charge in [0.1, 0.15) is 5.70 Å². The molecule has 1 N–H and O–H groups in total. The normalized spacial score (nSPS) is 16.8. The fraction of sp³-hybridized carbons (Fsp3) is 0.250. The van der Waals surface area contributed by atoms with Gasteiger partial charge in [-0.25, -0.2) is 0 Å². The van der Waals surface area contributed by atoms with E-state index in [9.17, 15) is 9.59 Å². The molecule has 2 aliphatic heterocycles. The zero-order valence-corrected chi connectivity index (χ0v) is 19.9. The van der Waals surface area contributed by atoms with Crippen LogP contribution in [0.5, 0.6) is 0 Å². The second kappa shape index (κ2) is 10.1. The second-order valence-corrected chi connectivity index (χ2v) is 8.73. The molecule has 35 heavy (non-hydrogen) atoms. The summed E-state index contributed by atoms with van der Waals surface area (Å²) in [5.74, 6) is -0.668. The van der Waals surface area contributed by atoms with Gasteiger partial charge in [0.15, 0.2) is 0 Å². The van der Waals surface area contributed by atoms with E-state index >= 15 is 0 Å². The molecule has 2 aliphatic rings. The molecule has 7 heteroatoms. The van der Waals surface area contributed by atoms with Crippen LogP contribution in [0, 0.1) is 0 Å². The molecule has 0 saturated carbocycles. The first-order valence-electron chi connectivity index (χ1n) is 12.0. The van der Waals surface area contributed by atoms with Crippen molar-refractivity contribution < 1.29 is 9.59 Å². The Bertz CT molecular complexity index is 1220. The van der Waals surface area contributed by atoms with Gasteiger partial charge in [-0.15, -0.1) is 0 Å². The number of carbonyl (C=O) groups excluding carboxylic acids is 2. The molecule has 7 nitrogen and oxygen atoms in total. The number of anilines is 2. The lowest BCUT2D eigenvalue weighted by Crippen LogP contribution is -2.46. The Kier molecular flexibility index (Phi) is 6.59. The molecule has 0 unspecified atom stereocenters. The molecule has 1 fully saturated rings. The maximum atomic E-state index is 13.4. The number of nitrogens with one attached hydrogen (secondary N) is 1. The molecule has 3 aromatic rings. The van der Waals surface area contributed by atoms with Crippen molar-refractivity contribution in [3.8, 4) is 0 Å². The molecular weight excluding hydrogens is 438 g/mol. The second-order valence-electron chi connectivity index (χ2n) is 8.73. The van der Waals surface area contributed by atoms with Gasteiger partial charge in [0.05, 0.1) is 17.8 Å². The van der Waals surface area contributed by atoms with Gasteiger partial charge in [0, 0.05) is 43.8 Å². The number of hydrogen-bond acceptors (Lipinski definition) is 6. The van der Waals surface area contributed by atoms with Gasteiger partial charge >= 0.3 is 0 Å². The maximum Gasteiger partial charge on any atom is 0.278 e. The molecule has 0 aliphatic carbocycles. The predicted molar refractivity (Wildman–Crippen MR) is 138 cm³/mol. The van der Waals surface area contributed by atoms with Gasteiger partial charge in [-0.1, -0.05) is 43.3 Å². The molecule has 5 rings (SSSR count). The smallest absolute Gasteiger partial charge is 0.278 e. The molecule has 2 amide bonds. The van der Waals surface area contributed by atoms with Crippen LogP contribution >= 0.6 is 0 Å². The Morgan fingerprint density at radius 2 is 1.54 bits per heavy atom. The molecule has 0 bridgehead atoms. The van der Waals surface area contributed by atoms with E-state index in [2.05, 4.69) is 39.2 Å². The minimum Gasteiger partial charge on any atom is -0.369 e. The topological polar surface area (TPSA) is 68.8 Å². The van der Waals surface area contributed by atoms with Gasteiger partial charge in [-0.2, -0.15) is 0 Å². The Labute approximate surface area is 205 Å². The fourth-order valence-electron chi connectivity index (χ4n) is 4.58. The molecule has 1 aromatic heterocycles. The summed E-state index contributed by atoms with van der Waals surface area (Å²) in [7, 11) is 0. The van der Waals surface area contributed by atoms with Crippen molar-refractivity contribution >= 4 is 28.8 Å². The molecular formula is C28H29N5O2. The maximum absolute atomic E-state index is 13.4. The molecule has 1 saturated heterocycles. The third-order valence-corrected chi connectivity index (χ3v) is 6.60. The van der Waals surface area contributed by atoms with Gasteiger partial charge < -0.3 is 15.1 Å². The van der Waals surface area contributed by atoms with Crippen LogP contribution in [0.4, 0.5) is 11.4 Å². The Hall–Kier alpha value is -3.97. The highest BCUT2D eigenvalue weighted by Gasteiger charge is 2.39. The Balaban J connectivity index is 1.39. The minimum absolute atomic E-state index is 0.128. The number of amides is 2. The summed E-state index contributed by atoms with van der Waals surface area (Å²) in [4.78, 5) is 37.2. The fourth-order valence-corrected chi connectivity index (χ4v) is 4.58. The first-order chi connectivity index (χ1) is 17.1. The van der Waals surface area contributed by atoms with Gasteiger partial charge in [0.25, 0.3) is 11.8 Å². The first-order valence-corrected chi connectivity index (χ1v) is 12.0. The Morgan fingerprint density at radius 1 is 0.829 bits per heavy atom. The number of imide groups is 1. The van der Waals surface area contributed by atoms with Gasteiger partial charge in [-0.05, 0) is 48.5 Å². The van der Waals surface area contributed by atoms with E-state index in [-0.39, 0.29) is 18.4 Å². The number of rotatable bonds is 7. The van der Waals surface area contributed by atoms with Crippen molar-refractivity contribution in [2.24, 2.45) is 0 Å². The van der Waals surface area contributed by atoms with Crippen LogP contribution in [-0.4, -0.2) is 59.3 Å².